The number of imide groups is 1. The Labute approximate surface area is 572 Å². The third kappa shape index (κ3) is 23.9. The Kier molecular flexibility index (Phi) is 33.6. The second kappa shape index (κ2) is 40.0. The van der Waals surface area contributed by atoms with Crippen LogP contribution < -0.4 is 37.6 Å². The Balaban J connectivity index is 1.37. The zero-order valence-electron chi connectivity index (χ0n) is 59.6. The molecule has 2 aromatic rings. The van der Waals surface area contributed by atoms with E-state index in [1.165, 1.54) is 37.3 Å². The lowest BCUT2D eigenvalue weighted by molar-refractivity contribution is -0.148. The molecule has 9 N–H and O–H groups in total. The highest BCUT2D eigenvalue weighted by molar-refractivity contribution is 6.10. The zero-order valence-corrected chi connectivity index (χ0v) is 59.6. The van der Waals surface area contributed by atoms with Crippen LogP contribution in [0.3, 0.4) is 0 Å². The molecule has 4 rings (SSSR count). The number of carbonyl (C=O) groups is 11. The average molecular weight is 1360 g/mol. The monoisotopic (exact) mass is 1360 g/mol. The molecule has 12 amide bonds. The summed E-state index contributed by atoms with van der Waals surface area (Å²) in [5.41, 5.74) is 6.78. The molecule has 2 saturated heterocycles. The van der Waals surface area contributed by atoms with Crippen molar-refractivity contribution >= 4 is 77.2 Å². The van der Waals surface area contributed by atoms with E-state index < -0.39 is 126 Å². The summed E-state index contributed by atoms with van der Waals surface area (Å²) in [6.45, 7) is 18.6. The molecular weight excluding hydrogens is 1250 g/mol. The number of carbonyl (C=O) groups excluding carboxylic acids is 11. The summed E-state index contributed by atoms with van der Waals surface area (Å²) in [4.78, 5) is 158. The minimum Gasteiger partial charge on any atom is -0.445 e. The van der Waals surface area contributed by atoms with Gasteiger partial charge >= 0.3 is 12.1 Å². The highest BCUT2D eigenvalue weighted by Gasteiger charge is 2.44. The molecule has 97 heavy (non-hydrogen) atoms. The number of nitrogens with one attached hydrogen (secondary N) is 6. The number of amides is 12. The number of likely N-dealkylation sites (N-methyl/N-ethyl adjacent to an activating group) is 2. The van der Waals surface area contributed by atoms with Crippen LogP contribution in [0.1, 0.15) is 157 Å². The first-order chi connectivity index (χ1) is 45.9. The highest BCUT2D eigenvalue weighted by Crippen LogP contribution is 2.31. The maximum Gasteiger partial charge on any atom is 0.410 e. The molecule has 2 aliphatic heterocycles. The predicted molar refractivity (Wildman–Crippen MR) is 367 cm³/mol. The minimum absolute atomic E-state index is 0.0788. The number of hydrogen-bond acceptors (Lipinski definition) is 16. The van der Waals surface area contributed by atoms with Crippen LogP contribution >= 0.6 is 0 Å². The topological polar surface area (TPSA) is 359 Å². The number of primary amides is 1. The number of aliphatic imine (C=N–C) groups is 1. The molecule has 2 fully saturated rings. The number of nitrogens with zero attached hydrogens (tertiary/aromatic N) is 5. The van der Waals surface area contributed by atoms with Crippen molar-refractivity contribution < 1.29 is 72.1 Å². The van der Waals surface area contributed by atoms with Crippen LogP contribution in [0.25, 0.3) is 0 Å². The minimum atomic E-state index is -1.12. The number of nitrogens with two attached hydrogens (primary N) is 1. The molecule has 0 bridgehead atoms. The molecule has 13 atom stereocenters. The van der Waals surface area contributed by atoms with E-state index in [2.05, 4.69) is 36.9 Å². The molecule has 2 aliphatic rings. The van der Waals surface area contributed by atoms with Crippen LogP contribution in [0.15, 0.2) is 59.6 Å². The lowest BCUT2D eigenvalue weighted by Gasteiger charge is -2.41. The van der Waals surface area contributed by atoms with Crippen LogP contribution in [0.2, 0.25) is 0 Å². The van der Waals surface area contributed by atoms with Gasteiger partial charge in [-0.2, -0.15) is 0 Å². The lowest BCUT2D eigenvalue weighted by atomic mass is 9.89. The summed E-state index contributed by atoms with van der Waals surface area (Å²) in [7, 11) is 7.62. The molecule has 1 unspecified atom stereocenters. The number of rotatable bonds is 39. The van der Waals surface area contributed by atoms with Crippen LogP contribution in [-0.2, 0) is 64.0 Å². The maximum absolute atomic E-state index is 14.8. The number of urea groups is 1. The number of likely N-dealkylation sites (tertiary alicyclic amines) is 2. The van der Waals surface area contributed by atoms with Gasteiger partial charge in [0.1, 0.15) is 30.8 Å². The van der Waals surface area contributed by atoms with Gasteiger partial charge < -0.3 is 71.7 Å². The second-order valence-electron chi connectivity index (χ2n) is 26.7. The van der Waals surface area contributed by atoms with Crippen molar-refractivity contribution in [3.05, 3.63) is 65.7 Å². The average Bonchev–Trinajstić information content (AvgIpc) is 1.81. The van der Waals surface area contributed by atoms with Crippen molar-refractivity contribution in [3.63, 3.8) is 0 Å². The molecule has 0 saturated carbocycles. The first-order valence-corrected chi connectivity index (χ1v) is 34.1. The Morgan fingerprint density at radius 1 is 0.763 bits per heavy atom. The molecule has 0 aromatic heterocycles. The van der Waals surface area contributed by atoms with Gasteiger partial charge in [0.25, 0.3) is 0 Å². The summed E-state index contributed by atoms with van der Waals surface area (Å²) in [5.74, 6) is -6.39. The van der Waals surface area contributed by atoms with Crippen LogP contribution in [-0.4, -0.2) is 206 Å². The van der Waals surface area contributed by atoms with Crippen molar-refractivity contribution in [1.29, 1.82) is 0 Å². The lowest BCUT2D eigenvalue weighted by Crippen LogP contribution is -2.60. The standard InChI is InChI=1S/C70H110N12O15/c1-16-44(8)60(53(95-14)38-56(85)81-36-24-28-52(81)62(96-15)45(9)63(87)74-46(10)61(86)48-25-19-17-20-26-48)79(12)68(92)58(42(4)5)78-66(90)59(43(6)7)80(13)70(94)97-40-47-30-32-50(33-31-47)75-64(88)51(27-23-34-73-69(71)93)76-65(89)57(41(2)3)77-54(83)29-21-18-22-35-82-55(84)37-49(39-72-11)67(82)91/h17,19-20,25-26,30-33,39,41-46,49,51-53,57-62,86H,16,18,21-24,27-29,34-38,40H2,1-15H3,(H,74,87)(H,75,88)(H,76,89)(H,77,83)(H,78,90)(H3,71,73,93)/t44-,45+,46+,49?,51-,52-,53+,57-,58-,59-,60-,61+,62+/m0/s1. The van der Waals surface area contributed by atoms with Crippen LogP contribution in [0.5, 0.6) is 0 Å². The fourth-order valence-corrected chi connectivity index (χ4v) is 12.7. The van der Waals surface area contributed by atoms with E-state index in [0.717, 1.165) is 0 Å². The number of methoxy groups -OCH3 is 2. The van der Waals surface area contributed by atoms with E-state index in [-0.39, 0.29) is 87.3 Å². The fourth-order valence-electron chi connectivity index (χ4n) is 12.7. The first-order valence-electron chi connectivity index (χ1n) is 34.1. The van der Waals surface area contributed by atoms with E-state index in [0.29, 0.717) is 61.9 Å². The molecule has 0 aliphatic carbocycles. The molecule has 540 valence electrons. The normalized spacial score (nSPS) is 18.3. The highest BCUT2D eigenvalue weighted by atomic mass is 16.6. The quantitative estimate of drug-likeness (QED) is 0.0241. The summed E-state index contributed by atoms with van der Waals surface area (Å²) >= 11 is 0. The molecule has 27 nitrogen and oxygen atoms in total. The van der Waals surface area contributed by atoms with Gasteiger partial charge in [0.2, 0.25) is 53.2 Å². The predicted octanol–water partition coefficient (Wildman–Crippen LogP) is 5.23. The second-order valence-corrected chi connectivity index (χ2v) is 26.7. The van der Waals surface area contributed by atoms with E-state index in [1.54, 1.807) is 116 Å². The van der Waals surface area contributed by atoms with E-state index in [4.69, 9.17) is 19.9 Å². The molecule has 2 heterocycles. The third-order valence-electron chi connectivity index (χ3n) is 18.4. The van der Waals surface area contributed by atoms with Gasteiger partial charge in [-0.05, 0) is 92.4 Å². The van der Waals surface area contributed by atoms with Gasteiger partial charge in [-0.15, -0.1) is 0 Å². The summed E-state index contributed by atoms with van der Waals surface area (Å²) in [6, 6.07) is 8.72. The van der Waals surface area contributed by atoms with Crippen molar-refractivity contribution in [2.24, 2.45) is 46.2 Å². The molecule has 27 heteroatoms. The molecular formula is C70H110N12O15. The Bertz CT molecular complexity index is 2970. The number of unbranched alkanes of at least 4 members (excludes halogenated alkanes) is 2. The van der Waals surface area contributed by atoms with Gasteiger partial charge in [0.05, 0.1) is 54.7 Å². The van der Waals surface area contributed by atoms with Gasteiger partial charge in [0, 0.05) is 79.7 Å². The molecule has 0 spiro atoms. The van der Waals surface area contributed by atoms with Crippen molar-refractivity contribution in [1.82, 2.24) is 46.2 Å². The van der Waals surface area contributed by atoms with Crippen molar-refractivity contribution in [2.45, 2.75) is 207 Å². The van der Waals surface area contributed by atoms with Crippen molar-refractivity contribution in [2.75, 3.05) is 60.3 Å². The Hall–Kier alpha value is -8.04. The zero-order chi connectivity index (χ0) is 72.4. The van der Waals surface area contributed by atoms with Gasteiger partial charge in [-0.25, -0.2) is 9.59 Å². The number of hydrogen-bond donors (Lipinski definition) is 8. The number of anilines is 1. The van der Waals surface area contributed by atoms with Gasteiger partial charge in [-0.1, -0.05) is 118 Å². The number of aliphatic hydroxyl groups excluding tert-OH is 1. The van der Waals surface area contributed by atoms with Gasteiger partial charge in [-0.3, -0.25) is 53.0 Å². The summed E-state index contributed by atoms with van der Waals surface area (Å²) in [5, 5.41) is 27.7. The smallest absolute Gasteiger partial charge is 0.410 e. The fraction of sp³-hybridized carbons (Fsp3) is 0.657. The first kappa shape index (κ1) is 81.4. The van der Waals surface area contributed by atoms with Crippen molar-refractivity contribution in [3.8, 4) is 0 Å². The van der Waals surface area contributed by atoms with E-state index >= 15 is 0 Å². The Morgan fingerprint density at radius 2 is 1.42 bits per heavy atom. The molecule has 0 radical (unpaired) electrons. The Morgan fingerprint density at radius 3 is 2.01 bits per heavy atom. The summed E-state index contributed by atoms with van der Waals surface area (Å²) < 4.78 is 17.8. The maximum atomic E-state index is 14.8. The number of ether oxygens (including phenoxy) is 3. The number of benzene rings is 2. The van der Waals surface area contributed by atoms with E-state index in [9.17, 15) is 57.8 Å². The molecule has 2 aromatic carbocycles. The third-order valence-corrected chi connectivity index (χ3v) is 18.4. The van der Waals surface area contributed by atoms with Crippen LogP contribution in [0.4, 0.5) is 15.3 Å². The summed E-state index contributed by atoms with van der Waals surface area (Å²) in [6.07, 6.45) is 2.03. The van der Waals surface area contributed by atoms with Gasteiger partial charge in [0.15, 0.2) is 0 Å². The SMILES string of the molecule is CC[C@H](C)[C@@H]([C@@H](CC(=O)N1CCC[C@H]1[C@H](OC)[C@@H](C)C(=O)N[C@H](C)[C@@H](O)c1ccccc1)OC)N(C)C(=O)[C@@H](NC(=O)[C@H](C(C)C)N(C)C(=O)OCc1ccc(NC(=O)[C@H](CCCNC(N)=O)NC(=O)[C@@H](NC(=O)CCCCCN2C(=O)CC(C=NC)C2=O)C(C)C)cc1)C(C)C. The van der Waals surface area contributed by atoms with E-state index in [1.807, 2.05) is 32.0 Å². The largest absolute Gasteiger partial charge is 0.445 e. The van der Waals surface area contributed by atoms with Crippen LogP contribution in [0, 0.1) is 35.5 Å². The number of aliphatic hydroxyl groups is 1.